The fourth-order valence-electron chi connectivity index (χ4n) is 4.49. The van der Waals surface area contributed by atoms with E-state index in [4.69, 9.17) is 11.6 Å². The van der Waals surface area contributed by atoms with Gasteiger partial charge in [-0.05, 0) is 73.7 Å². The molecule has 7 nitrogen and oxygen atoms in total. The van der Waals surface area contributed by atoms with E-state index in [2.05, 4.69) is 5.32 Å². The minimum atomic E-state index is -3.82. The van der Waals surface area contributed by atoms with Crippen LogP contribution in [-0.2, 0) is 32.6 Å². The van der Waals surface area contributed by atoms with Crippen molar-refractivity contribution in [1.82, 2.24) is 10.2 Å². The maximum absolute atomic E-state index is 14.1. The predicted molar refractivity (Wildman–Crippen MR) is 162 cm³/mol. The van der Waals surface area contributed by atoms with Crippen LogP contribution in [0.3, 0.4) is 0 Å². The lowest BCUT2D eigenvalue weighted by Crippen LogP contribution is -2.54. The van der Waals surface area contributed by atoms with E-state index in [0.29, 0.717) is 10.7 Å². The molecule has 0 heterocycles. The topological polar surface area (TPSA) is 86.8 Å². The van der Waals surface area contributed by atoms with Crippen LogP contribution >= 0.6 is 11.6 Å². The van der Waals surface area contributed by atoms with E-state index < -0.39 is 28.5 Å². The number of halogens is 1. The number of anilines is 1. The summed E-state index contributed by atoms with van der Waals surface area (Å²) < 4.78 is 27.0. The first-order chi connectivity index (χ1) is 18.9. The van der Waals surface area contributed by atoms with E-state index in [1.165, 1.54) is 4.90 Å². The van der Waals surface area contributed by atoms with Crippen LogP contribution in [0.25, 0.3) is 0 Å². The molecule has 0 unspecified atom stereocenters. The Kier molecular flexibility index (Phi) is 10.8. The van der Waals surface area contributed by atoms with Crippen molar-refractivity contribution >= 4 is 39.1 Å². The molecule has 40 heavy (non-hydrogen) atoms. The number of aryl methyl sites for hydroxylation is 2. The average molecular weight is 584 g/mol. The second-order valence-corrected chi connectivity index (χ2v) is 12.6. The monoisotopic (exact) mass is 583 g/mol. The zero-order chi connectivity index (χ0) is 29.4. The zero-order valence-corrected chi connectivity index (χ0v) is 25.3. The zero-order valence-electron chi connectivity index (χ0n) is 23.7. The first kappa shape index (κ1) is 31.2. The van der Waals surface area contributed by atoms with Crippen molar-refractivity contribution in [3.63, 3.8) is 0 Å². The van der Waals surface area contributed by atoms with Crippen LogP contribution in [0.5, 0.6) is 0 Å². The molecule has 2 amide bonds. The van der Waals surface area contributed by atoms with Crippen LogP contribution in [0.15, 0.2) is 72.8 Å². The number of hydrogen-bond acceptors (Lipinski definition) is 4. The van der Waals surface area contributed by atoms with E-state index >= 15 is 0 Å². The summed E-state index contributed by atoms with van der Waals surface area (Å²) in [6, 6.07) is 21.0. The Balaban J connectivity index is 2.07. The molecule has 3 rings (SSSR count). The molecular formula is C31H38ClN3O4S. The van der Waals surface area contributed by atoms with Crippen LogP contribution in [0.4, 0.5) is 5.69 Å². The van der Waals surface area contributed by atoms with Crippen LogP contribution in [0, 0.1) is 13.8 Å². The highest BCUT2D eigenvalue weighted by Crippen LogP contribution is 2.23. The van der Waals surface area contributed by atoms with Gasteiger partial charge in [0.05, 0.1) is 11.9 Å². The average Bonchev–Trinajstić information content (AvgIpc) is 2.89. The smallest absolute Gasteiger partial charge is 0.244 e. The van der Waals surface area contributed by atoms with Gasteiger partial charge in [-0.15, -0.1) is 0 Å². The summed E-state index contributed by atoms with van der Waals surface area (Å²) in [7, 11) is -3.82. The Morgan fingerprint density at radius 2 is 1.52 bits per heavy atom. The van der Waals surface area contributed by atoms with Gasteiger partial charge in [0.1, 0.15) is 12.6 Å². The van der Waals surface area contributed by atoms with Crippen molar-refractivity contribution in [3.05, 3.63) is 100 Å². The van der Waals surface area contributed by atoms with Gasteiger partial charge in [0.15, 0.2) is 0 Å². The largest absolute Gasteiger partial charge is 0.352 e. The van der Waals surface area contributed by atoms with Gasteiger partial charge in [-0.2, -0.15) is 0 Å². The lowest BCUT2D eigenvalue weighted by Gasteiger charge is -2.34. The molecule has 2 atom stereocenters. The van der Waals surface area contributed by atoms with Gasteiger partial charge in [0.25, 0.3) is 0 Å². The van der Waals surface area contributed by atoms with Gasteiger partial charge < -0.3 is 10.2 Å². The Hall–Kier alpha value is -3.36. The van der Waals surface area contributed by atoms with Crippen molar-refractivity contribution in [2.45, 2.75) is 59.2 Å². The van der Waals surface area contributed by atoms with Gasteiger partial charge in [0.2, 0.25) is 21.8 Å². The number of benzene rings is 3. The predicted octanol–water partition coefficient (Wildman–Crippen LogP) is 5.28. The molecule has 0 aromatic heterocycles. The summed E-state index contributed by atoms with van der Waals surface area (Å²) in [4.78, 5) is 29.3. The number of nitrogens with zero attached hydrogens (tertiary/aromatic N) is 2. The van der Waals surface area contributed by atoms with Crippen molar-refractivity contribution in [3.8, 4) is 0 Å². The SMILES string of the molecule is CC[C@@H](C)NC(=O)[C@@H](Cc1ccccc1)N(Cc1ccc(Cl)cc1)C(=O)CN(c1cc(C)cc(C)c1)S(C)(=O)=O. The second kappa shape index (κ2) is 13.8. The summed E-state index contributed by atoms with van der Waals surface area (Å²) >= 11 is 6.10. The number of amides is 2. The van der Waals surface area contributed by atoms with E-state index in [9.17, 15) is 18.0 Å². The second-order valence-electron chi connectivity index (χ2n) is 10.3. The lowest BCUT2D eigenvalue weighted by atomic mass is 10.0. The molecule has 0 aliphatic heterocycles. The summed E-state index contributed by atoms with van der Waals surface area (Å²) in [6.45, 7) is 7.29. The number of hydrogen-bond donors (Lipinski definition) is 1. The summed E-state index contributed by atoms with van der Waals surface area (Å²) in [6.07, 6.45) is 2.08. The van der Waals surface area contributed by atoms with Crippen LogP contribution in [0.1, 0.15) is 42.5 Å². The number of carbonyl (C=O) groups excluding carboxylic acids is 2. The van der Waals surface area contributed by atoms with Gasteiger partial charge >= 0.3 is 0 Å². The van der Waals surface area contributed by atoms with Crippen molar-refractivity contribution < 1.29 is 18.0 Å². The van der Waals surface area contributed by atoms with Crippen LogP contribution in [0.2, 0.25) is 5.02 Å². The molecule has 0 saturated heterocycles. The van der Waals surface area contributed by atoms with Gasteiger partial charge in [0, 0.05) is 24.0 Å². The fourth-order valence-corrected chi connectivity index (χ4v) is 5.45. The number of nitrogens with one attached hydrogen (secondary N) is 1. The summed E-state index contributed by atoms with van der Waals surface area (Å²) in [5.41, 5.74) is 3.82. The molecule has 3 aromatic carbocycles. The molecule has 0 aliphatic carbocycles. The third kappa shape index (κ3) is 8.83. The van der Waals surface area contributed by atoms with E-state index in [0.717, 1.165) is 39.2 Å². The summed E-state index contributed by atoms with van der Waals surface area (Å²) in [5.74, 6) is -0.780. The minimum Gasteiger partial charge on any atom is -0.352 e. The highest BCUT2D eigenvalue weighted by atomic mass is 35.5. The Bertz CT molecular complexity index is 1390. The molecule has 9 heteroatoms. The van der Waals surface area contributed by atoms with Gasteiger partial charge in [-0.25, -0.2) is 8.42 Å². The maximum atomic E-state index is 14.1. The molecular weight excluding hydrogens is 546 g/mol. The third-order valence-electron chi connectivity index (χ3n) is 6.71. The molecule has 0 radical (unpaired) electrons. The fraction of sp³-hybridized carbons (Fsp3) is 0.355. The lowest BCUT2D eigenvalue weighted by molar-refractivity contribution is -0.140. The highest BCUT2D eigenvalue weighted by molar-refractivity contribution is 7.92. The number of rotatable bonds is 12. The van der Waals surface area contributed by atoms with Gasteiger partial charge in [-0.1, -0.05) is 67.1 Å². The van der Waals surface area contributed by atoms with Gasteiger partial charge in [-0.3, -0.25) is 13.9 Å². The van der Waals surface area contributed by atoms with E-state index in [1.807, 2.05) is 64.1 Å². The molecule has 0 spiro atoms. The molecule has 1 N–H and O–H groups in total. The third-order valence-corrected chi connectivity index (χ3v) is 8.10. The maximum Gasteiger partial charge on any atom is 0.244 e. The Morgan fingerprint density at radius 3 is 2.08 bits per heavy atom. The number of carbonyl (C=O) groups is 2. The molecule has 3 aromatic rings. The quantitative estimate of drug-likeness (QED) is 0.314. The molecule has 0 aliphatic rings. The minimum absolute atomic E-state index is 0.0963. The first-order valence-electron chi connectivity index (χ1n) is 13.3. The van der Waals surface area contributed by atoms with Crippen molar-refractivity contribution in [2.24, 2.45) is 0 Å². The van der Waals surface area contributed by atoms with Crippen LogP contribution < -0.4 is 9.62 Å². The van der Waals surface area contributed by atoms with E-state index in [-0.39, 0.29) is 24.9 Å². The van der Waals surface area contributed by atoms with Crippen LogP contribution in [-0.4, -0.2) is 50.0 Å². The Labute approximate surface area is 243 Å². The summed E-state index contributed by atoms with van der Waals surface area (Å²) in [5, 5.41) is 3.58. The standard InChI is InChI=1S/C31H38ClN3O4S/c1-6-24(4)33-31(37)29(19-25-10-8-7-9-11-25)34(20-26-12-14-27(32)15-13-26)30(36)21-35(40(5,38)39)28-17-22(2)16-23(3)18-28/h7-18,24,29H,6,19-21H2,1-5H3,(H,33,37)/t24-,29-/m1/s1. The molecule has 214 valence electrons. The van der Waals surface area contributed by atoms with E-state index in [1.54, 1.807) is 36.4 Å². The molecule has 0 bridgehead atoms. The Morgan fingerprint density at radius 1 is 0.925 bits per heavy atom. The van der Waals surface area contributed by atoms with Crippen molar-refractivity contribution in [1.29, 1.82) is 0 Å². The van der Waals surface area contributed by atoms with Crippen molar-refractivity contribution in [2.75, 3.05) is 17.1 Å². The normalized spacial score (nSPS) is 12.8. The number of sulfonamides is 1. The molecule has 0 fully saturated rings. The first-order valence-corrected chi connectivity index (χ1v) is 15.5. The molecule has 0 saturated carbocycles. The highest BCUT2D eigenvalue weighted by Gasteiger charge is 2.33.